The third-order valence-electron chi connectivity index (χ3n) is 3.99. The van der Waals surface area contributed by atoms with Gasteiger partial charge in [-0.1, -0.05) is 43.7 Å². The van der Waals surface area contributed by atoms with Crippen LogP contribution in [0.25, 0.3) is 5.57 Å². The molecule has 2 heteroatoms. The summed E-state index contributed by atoms with van der Waals surface area (Å²) >= 11 is 0. The normalized spacial score (nSPS) is 23.1. The number of carbonyl (C=O) groups excluding carboxylic acids is 1. The van der Waals surface area contributed by atoms with Crippen LogP contribution in [0.3, 0.4) is 0 Å². The van der Waals surface area contributed by atoms with Gasteiger partial charge < -0.3 is 4.74 Å². The largest absolute Gasteiger partial charge is 0.373 e. The Bertz CT molecular complexity index is 526. The summed E-state index contributed by atoms with van der Waals surface area (Å²) in [5, 5.41) is 0. The SMILES string of the molecule is CC(C)C1CC2=C(CO1)c1ccccc1C(=O)C2. The molecule has 1 aromatic rings. The van der Waals surface area contributed by atoms with E-state index in [-0.39, 0.29) is 11.9 Å². The minimum Gasteiger partial charge on any atom is -0.373 e. The van der Waals surface area contributed by atoms with Crippen LogP contribution in [0.1, 0.15) is 42.6 Å². The molecule has 0 aromatic heterocycles. The van der Waals surface area contributed by atoms with E-state index in [1.807, 2.05) is 24.3 Å². The van der Waals surface area contributed by atoms with Gasteiger partial charge in [-0.25, -0.2) is 0 Å². The second-order valence-electron chi connectivity index (χ2n) is 5.53. The van der Waals surface area contributed by atoms with Crippen LogP contribution in [0.5, 0.6) is 0 Å². The second-order valence-corrected chi connectivity index (χ2v) is 5.53. The number of carbonyl (C=O) groups is 1. The highest BCUT2D eigenvalue weighted by Crippen LogP contribution is 2.38. The maximum Gasteiger partial charge on any atom is 0.167 e. The van der Waals surface area contributed by atoms with Crippen LogP contribution in [-0.2, 0) is 4.74 Å². The predicted molar refractivity (Wildman–Crippen MR) is 71.5 cm³/mol. The highest BCUT2D eigenvalue weighted by atomic mass is 16.5. The van der Waals surface area contributed by atoms with Gasteiger partial charge in [-0.05, 0) is 23.5 Å². The summed E-state index contributed by atoms with van der Waals surface area (Å²) < 4.78 is 5.93. The minimum absolute atomic E-state index is 0.258. The van der Waals surface area contributed by atoms with Gasteiger partial charge in [0.15, 0.2) is 5.78 Å². The smallest absolute Gasteiger partial charge is 0.167 e. The number of fused-ring (bicyclic) bond motifs is 2. The number of Topliss-reactive ketones (excluding diaryl/α,β-unsaturated/α-hetero) is 1. The number of ether oxygens (including phenoxy) is 1. The molecule has 0 saturated carbocycles. The van der Waals surface area contributed by atoms with Crippen molar-refractivity contribution in [1.82, 2.24) is 0 Å². The van der Waals surface area contributed by atoms with Gasteiger partial charge in [0.05, 0.1) is 12.7 Å². The van der Waals surface area contributed by atoms with Crippen molar-refractivity contribution in [3.05, 3.63) is 41.0 Å². The third kappa shape index (κ3) is 1.81. The zero-order valence-corrected chi connectivity index (χ0v) is 10.9. The van der Waals surface area contributed by atoms with Crippen molar-refractivity contribution in [2.24, 2.45) is 5.92 Å². The van der Waals surface area contributed by atoms with Crippen LogP contribution in [0.2, 0.25) is 0 Å². The molecule has 2 aliphatic rings. The van der Waals surface area contributed by atoms with Gasteiger partial charge in [-0.15, -0.1) is 0 Å². The first-order chi connectivity index (χ1) is 8.66. The predicted octanol–water partition coefficient (Wildman–Crippen LogP) is 3.47. The average Bonchev–Trinajstić information content (AvgIpc) is 2.38. The van der Waals surface area contributed by atoms with E-state index in [4.69, 9.17) is 4.74 Å². The molecule has 1 aromatic carbocycles. The lowest BCUT2D eigenvalue weighted by atomic mass is 9.80. The van der Waals surface area contributed by atoms with Crippen LogP contribution in [-0.4, -0.2) is 18.5 Å². The molecule has 1 aliphatic carbocycles. The van der Waals surface area contributed by atoms with Gasteiger partial charge in [-0.2, -0.15) is 0 Å². The Labute approximate surface area is 108 Å². The van der Waals surface area contributed by atoms with E-state index >= 15 is 0 Å². The van der Waals surface area contributed by atoms with E-state index in [2.05, 4.69) is 13.8 Å². The molecule has 0 saturated heterocycles. The molecule has 2 nitrogen and oxygen atoms in total. The summed E-state index contributed by atoms with van der Waals surface area (Å²) in [7, 11) is 0. The lowest BCUT2D eigenvalue weighted by Gasteiger charge is -2.33. The standard InChI is InChI=1S/C16H18O2/c1-10(2)16-8-11-7-15(17)13-6-4-3-5-12(13)14(11)9-18-16/h3-6,10,16H,7-9H2,1-2H3. The summed E-state index contributed by atoms with van der Waals surface area (Å²) in [6.45, 7) is 5.01. The Hall–Kier alpha value is -1.41. The summed E-state index contributed by atoms with van der Waals surface area (Å²) in [6, 6.07) is 7.90. The van der Waals surface area contributed by atoms with Gasteiger partial charge in [0.25, 0.3) is 0 Å². The molecule has 1 atom stereocenters. The highest BCUT2D eigenvalue weighted by Gasteiger charge is 2.30. The van der Waals surface area contributed by atoms with Crippen molar-refractivity contribution < 1.29 is 9.53 Å². The van der Waals surface area contributed by atoms with Crippen molar-refractivity contribution in [3.63, 3.8) is 0 Å². The Morgan fingerprint density at radius 3 is 2.67 bits per heavy atom. The molecule has 1 heterocycles. The third-order valence-corrected chi connectivity index (χ3v) is 3.99. The van der Waals surface area contributed by atoms with Gasteiger partial charge >= 0.3 is 0 Å². The van der Waals surface area contributed by atoms with Gasteiger partial charge in [0.2, 0.25) is 0 Å². The summed E-state index contributed by atoms with van der Waals surface area (Å²) in [5.74, 6) is 0.764. The Morgan fingerprint density at radius 1 is 1.22 bits per heavy atom. The van der Waals surface area contributed by atoms with Gasteiger partial charge in [0, 0.05) is 12.0 Å². The van der Waals surface area contributed by atoms with E-state index in [9.17, 15) is 4.79 Å². The first-order valence-corrected chi connectivity index (χ1v) is 6.62. The van der Waals surface area contributed by atoms with E-state index in [1.165, 1.54) is 11.1 Å². The average molecular weight is 242 g/mol. The fourth-order valence-electron chi connectivity index (χ4n) is 2.87. The lowest BCUT2D eigenvalue weighted by molar-refractivity contribution is 0.0350. The molecule has 94 valence electrons. The quantitative estimate of drug-likeness (QED) is 0.753. The molecule has 0 bridgehead atoms. The van der Waals surface area contributed by atoms with Crippen LogP contribution in [0, 0.1) is 5.92 Å². The maximum absolute atomic E-state index is 12.1. The molecular weight excluding hydrogens is 224 g/mol. The zero-order valence-electron chi connectivity index (χ0n) is 10.9. The first-order valence-electron chi connectivity index (χ1n) is 6.62. The van der Waals surface area contributed by atoms with Crippen LogP contribution >= 0.6 is 0 Å². The number of benzene rings is 1. The molecule has 0 amide bonds. The van der Waals surface area contributed by atoms with E-state index in [0.29, 0.717) is 18.9 Å². The minimum atomic E-state index is 0.258. The second kappa shape index (κ2) is 4.36. The van der Waals surface area contributed by atoms with Crippen molar-refractivity contribution in [2.75, 3.05) is 6.61 Å². The molecular formula is C16H18O2. The van der Waals surface area contributed by atoms with Crippen molar-refractivity contribution in [3.8, 4) is 0 Å². The number of hydrogen-bond acceptors (Lipinski definition) is 2. The molecule has 18 heavy (non-hydrogen) atoms. The van der Waals surface area contributed by atoms with E-state index in [1.54, 1.807) is 0 Å². The van der Waals surface area contributed by atoms with E-state index in [0.717, 1.165) is 17.5 Å². The molecule has 0 spiro atoms. The molecule has 3 rings (SSSR count). The Morgan fingerprint density at radius 2 is 1.94 bits per heavy atom. The molecule has 0 fully saturated rings. The number of rotatable bonds is 1. The fraction of sp³-hybridized carbons (Fsp3) is 0.438. The monoisotopic (exact) mass is 242 g/mol. The fourth-order valence-corrected chi connectivity index (χ4v) is 2.87. The Kier molecular flexibility index (Phi) is 2.83. The first kappa shape index (κ1) is 11.7. The van der Waals surface area contributed by atoms with Crippen LogP contribution in [0.4, 0.5) is 0 Å². The summed E-state index contributed by atoms with van der Waals surface area (Å²) in [6.07, 6.45) is 1.76. The number of hydrogen-bond donors (Lipinski definition) is 0. The van der Waals surface area contributed by atoms with Crippen molar-refractivity contribution in [1.29, 1.82) is 0 Å². The number of ketones is 1. The Balaban J connectivity index is 2.02. The molecule has 0 N–H and O–H groups in total. The van der Waals surface area contributed by atoms with Crippen LogP contribution < -0.4 is 0 Å². The highest BCUT2D eigenvalue weighted by molar-refractivity contribution is 6.06. The molecule has 0 radical (unpaired) electrons. The van der Waals surface area contributed by atoms with E-state index < -0.39 is 0 Å². The van der Waals surface area contributed by atoms with Crippen molar-refractivity contribution in [2.45, 2.75) is 32.8 Å². The topological polar surface area (TPSA) is 26.3 Å². The van der Waals surface area contributed by atoms with Gasteiger partial charge in [0.1, 0.15) is 0 Å². The van der Waals surface area contributed by atoms with Crippen molar-refractivity contribution >= 4 is 11.4 Å². The maximum atomic E-state index is 12.1. The summed E-state index contributed by atoms with van der Waals surface area (Å²) in [5.41, 5.74) is 4.50. The molecule has 1 aliphatic heterocycles. The van der Waals surface area contributed by atoms with Gasteiger partial charge in [-0.3, -0.25) is 4.79 Å². The van der Waals surface area contributed by atoms with Crippen LogP contribution in [0.15, 0.2) is 29.8 Å². The summed E-state index contributed by atoms with van der Waals surface area (Å²) in [4.78, 5) is 12.1. The molecule has 1 unspecified atom stereocenters. The lowest BCUT2D eigenvalue weighted by Crippen LogP contribution is -2.29. The zero-order chi connectivity index (χ0) is 12.7.